The van der Waals surface area contributed by atoms with Crippen molar-refractivity contribution in [2.75, 3.05) is 7.11 Å². The number of phenols is 1. The Labute approximate surface area is 84.5 Å². The van der Waals surface area contributed by atoms with Crippen molar-refractivity contribution in [1.82, 2.24) is 0 Å². The fourth-order valence-electron chi connectivity index (χ4n) is 1.65. The molecular weight excluding hydrogens is 178 g/mol. The number of methoxy groups -OCH3 is 1. The molecule has 14 heavy (non-hydrogen) atoms. The molecule has 0 saturated heterocycles. The number of benzene rings is 1. The van der Waals surface area contributed by atoms with E-state index in [1.807, 2.05) is 26.8 Å². The molecule has 0 saturated carbocycles. The average molecular weight is 195 g/mol. The van der Waals surface area contributed by atoms with Gasteiger partial charge >= 0.3 is 0 Å². The second kappa shape index (κ2) is 3.88. The second-order valence-corrected chi connectivity index (χ2v) is 3.58. The molecule has 1 aromatic rings. The smallest absolute Gasteiger partial charge is 0.128 e. The molecule has 0 aliphatic rings. The van der Waals surface area contributed by atoms with E-state index in [0.29, 0.717) is 0 Å². The van der Waals surface area contributed by atoms with Crippen molar-refractivity contribution in [1.29, 1.82) is 0 Å². The molecule has 0 bridgehead atoms. The summed E-state index contributed by atoms with van der Waals surface area (Å²) in [7, 11) is 1.60. The lowest BCUT2D eigenvalue weighted by Gasteiger charge is -2.16. The topological polar surface area (TPSA) is 55.5 Å². The lowest BCUT2D eigenvalue weighted by molar-refractivity contribution is 0.397. The summed E-state index contributed by atoms with van der Waals surface area (Å²) in [5.74, 6) is 0.967. The van der Waals surface area contributed by atoms with E-state index < -0.39 is 0 Å². The predicted octanol–water partition coefficient (Wildman–Crippen LogP) is 2.04. The van der Waals surface area contributed by atoms with E-state index in [4.69, 9.17) is 10.5 Å². The van der Waals surface area contributed by atoms with Crippen molar-refractivity contribution in [3.8, 4) is 11.5 Å². The third-order valence-electron chi connectivity index (χ3n) is 2.39. The lowest BCUT2D eigenvalue weighted by Crippen LogP contribution is -2.07. The Bertz CT molecular complexity index is 346. The maximum atomic E-state index is 9.84. The van der Waals surface area contributed by atoms with Crippen LogP contribution in [0.1, 0.15) is 29.7 Å². The zero-order valence-corrected chi connectivity index (χ0v) is 9.09. The van der Waals surface area contributed by atoms with Gasteiger partial charge in [-0.25, -0.2) is 0 Å². The summed E-state index contributed by atoms with van der Waals surface area (Å²) >= 11 is 0. The highest BCUT2D eigenvalue weighted by Crippen LogP contribution is 2.35. The average Bonchev–Trinajstić information content (AvgIpc) is 2.12. The van der Waals surface area contributed by atoms with Crippen molar-refractivity contribution in [2.24, 2.45) is 5.73 Å². The molecule has 1 rings (SSSR count). The molecule has 0 fully saturated rings. The van der Waals surface area contributed by atoms with Crippen LogP contribution in [0.25, 0.3) is 0 Å². The van der Waals surface area contributed by atoms with Gasteiger partial charge in [-0.05, 0) is 32.4 Å². The highest BCUT2D eigenvalue weighted by atomic mass is 16.5. The van der Waals surface area contributed by atoms with Crippen molar-refractivity contribution < 1.29 is 9.84 Å². The predicted molar refractivity (Wildman–Crippen MR) is 56.7 cm³/mol. The minimum atomic E-state index is -0.168. The summed E-state index contributed by atoms with van der Waals surface area (Å²) in [5, 5.41) is 9.84. The third kappa shape index (κ3) is 1.68. The van der Waals surface area contributed by atoms with E-state index in [0.717, 1.165) is 22.4 Å². The van der Waals surface area contributed by atoms with Crippen LogP contribution in [-0.2, 0) is 0 Å². The molecular formula is C11H17NO2. The molecule has 1 unspecified atom stereocenters. The second-order valence-electron chi connectivity index (χ2n) is 3.58. The molecule has 0 aliphatic heterocycles. The maximum Gasteiger partial charge on any atom is 0.128 e. The van der Waals surface area contributed by atoms with Gasteiger partial charge in [0.15, 0.2) is 0 Å². The van der Waals surface area contributed by atoms with E-state index in [1.165, 1.54) is 0 Å². The Morgan fingerprint density at radius 3 is 2.43 bits per heavy atom. The van der Waals surface area contributed by atoms with Gasteiger partial charge in [0.05, 0.1) is 7.11 Å². The molecule has 3 nitrogen and oxygen atoms in total. The standard InChI is InChI=1S/C11H17NO2/c1-6-5-9(8(3)12)10(13)7(2)11(6)14-4/h5,8,13H,12H2,1-4H3. The lowest BCUT2D eigenvalue weighted by atomic mass is 10.00. The van der Waals surface area contributed by atoms with Crippen LogP contribution >= 0.6 is 0 Å². The molecule has 0 spiro atoms. The Hall–Kier alpha value is -1.22. The van der Waals surface area contributed by atoms with Gasteiger partial charge in [0.25, 0.3) is 0 Å². The van der Waals surface area contributed by atoms with E-state index in [9.17, 15) is 5.11 Å². The van der Waals surface area contributed by atoms with Gasteiger partial charge < -0.3 is 15.6 Å². The Morgan fingerprint density at radius 1 is 1.43 bits per heavy atom. The first-order chi connectivity index (χ1) is 6.49. The Balaban J connectivity index is 3.40. The molecule has 0 aromatic heterocycles. The van der Waals surface area contributed by atoms with Crippen molar-refractivity contribution in [3.63, 3.8) is 0 Å². The van der Waals surface area contributed by atoms with Gasteiger partial charge in [0.1, 0.15) is 11.5 Å². The van der Waals surface area contributed by atoms with Gasteiger partial charge in [0.2, 0.25) is 0 Å². The first-order valence-electron chi connectivity index (χ1n) is 4.61. The molecule has 3 heteroatoms. The van der Waals surface area contributed by atoms with E-state index in [-0.39, 0.29) is 11.8 Å². The van der Waals surface area contributed by atoms with Crippen LogP contribution in [-0.4, -0.2) is 12.2 Å². The van der Waals surface area contributed by atoms with E-state index in [1.54, 1.807) is 7.11 Å². The number of nitrogens with two attached hydrogens (primary N) is 1. The summed E-state index contributed by atoms with van der Waals surface area (Å²) in [6.45, 7) is 5.62. The minimum absolute atomic E-state index is 0.168. The zero-order chi connectivity index (χ0) is 10.9. The van der Waals surface area contributed by atoms with Gasteiger partial charge in [0, 0.05) is 17.2 Å². The Kier molecular flexibility index (Phi) is 3.01. The largest absolute Gasteiger partial charge is 0.507 e. The van der Waals surface area contributed by atoms with Crippen molar-refractivity contribution >= 4 is 0 Å². The van der Waals surface area contributed by atoms with Crippen LogP contribution in [0.15, 0.2) is 6.07 Å². The van der Waals surface area contributed by atoms with Crippen LogP contribution in [0.2, 0.25) is 0 Å². The molecule has 1 aromatic carbocycles. The maximum absolute atomic E-state index is 9.84. The van der Waals surface area contributed by atoms with Crippen LogP contribution in [0, 0.1) is 13.8 Å². The SMILES string of the molecule is COc1c(C)cc(C(C)N)c(O)c1C. The van der Waals surface area contributed by atoms with Crippen molar-refractivity contribution in [2.45, 2.75) is 26.8 Å². The highest BCUT2D eigenvalue weighted by Gasteiger charge is 2.14. The number of rotatable bonds is 2. The van der Waals surface area contributed by atoms with Gasteiger partial charge in [-0.1, -0.05) is 0 Å². The normalized spacial score (nSPS) is 12.6. The molecule has 0 heterocycles. The fourth-order valence-corrected chi connectivity index (χ4v) is 1.65. The van der Waals surface area contributed by atoms with Crippen molar-refractivity contribution in [3.05, 3.63) is 22.8 Å². The summed E-state index contributed by atoms with van der Waals surface area (Å²) in [5.41, 5.74) is 8.25. The third-order valence-corrected chi connectivity index (χ3v) is 2.39. The first kappa shape index (κ1) is 10.9. The molecule has 78 valence electrons. The quantitative estimate of drug-likeness (QED) is 0.759. The fraction of sp³-hybridized carbons (Fsp3) is 0.455. The summed E-state index contributed by atoms with van der Waals surface area (Å²) in [6, 6.07) is 1.70. The van der Waals surface area contributed by atoms with Gasteiger partial charge in [-0.15, -0.1) is 0 Å². The number of hydrogen-bond acceptors (Lipinski definition) is 3. The van der Waals surface area contributed by atoms with Crippen LogP contribution < -0.4 is 10.5 Å². The number of hydrogen-bond donors (Lipinski definition) is 2. The number of aromatic hydroxyl groups is 1. The molecule has 0 amide bonds. The van der Waals surface area contributed by atoms with E-state index in [2.05, 4.69) is 0 Å². The first-order valence-corrected chi connectivity index (χ1v) is 4.61. The van der Waals surface area contributed by atoms with Crippen LogP contribution in [0.4, 0.5) is 0 Å². The van der Waals surface area contributed by atoms with Crippen LogP contribution in [0.3, 0.4) is 0 Å². The highest BCUT2D eigenvalue weighted by molar-refractivity contribution is 5.53. The Morgan fingerprint density at radius 2 is 2.00 bits per heavy atom. The summed E-state index contributed by atoms with van der Waals surface area (Å²) in [4.78, 5) is 0. The van der Waals surface area contributed by atoms with E-state index >= 15 is 0 Å². The molecule has 0 aliphatic carbocycles. The zero-order valence-electron chi connectivity index (χ0n) is 9.09. The molecule has 3 N–H and O–H groups in total. The van der Waals surface area contributed by atoms with Gasteiger partial charge in [-0.3, -0.25) is 0 Å². The summed E-state index contributed by atoms with van der Waals surface area (Å²) < 4.78 is 5.19. The number of phenolic OH excluding ortho intramolecular Hbond substituents is 1. The number of ether oxygens (including phenoxy) is 1. The van der Waals surface area contributed by atoms with Crippen LogP contribution in [0.5, 0.6) is 11.5 Å². The molecule has 1 atom stereocenters. The minimum Gasteiger partial charge on any atom is -0.507 e. The monoisotopic (exact) mass is 195 g/mol. The molecule has 0 radical (unpaired) electrons. The summed E-state index contributed by atoms with van der Waals surface area (Å²) in [6.07, 6.45) is 0. The number of aryl methyl sites for hydroxylation is 1. The van der Waals surface area contributed by atoms with Gasteiger partial charge in [-0.2, -0.15) is 0 Å².